The number of aliphatic carboxylic acids is 1. The summed E-state index contributed by atoms with van der Waals surface area (Å²) in [6, 6.07) is 13.8. The maximum absolute atomic E-state index is 14.6. The van der Waals surface area contributed by atoms with E-state index in [1.165, 1.54) is 31.2 Å². The topological polar surface area (TPSA) is 205 Å². The molecule has 0 spiro atoms. The predicted octanol–water partition coefficient (Wildman–Crippen LogP) is 7.26. The number of carbonyl (C=O) groups excluding carboxylic acids is 5. The number of hydrogen-bond donors (Lipinski definition) is 2. The van der Waals surface area contributed by atoms with E-state index in [9.17, 15) is 41.7 Å². The van der Waals surface area contributed by atoms with Gasteiger partial charge in [-0.25, -0.2) is 0 Å². The number of amides is 3. The van der Waals surface area contributed by atoms with E-state index >= 15 is 0 Å². The second-order valence-corrected chi connectivity index (χ2v) is 20.6. The highest BCUT2D eigenvalue weighted by molar-refractivity contribution is 7.85. The first-order chi connectivity index (χ1) is 32.0. The zero-order valence-corrected chi connectivity index (χ0v) is 42.8. The number of ether oxygens (including phenoxy) is 2. The average molecular weight is 968 g/mol. The van der Waals surface area contributed by atoms with Crippen LogP contribution >= 0.6 is 0 Å². The van der Waals surface area contributed by atoms with Crippen LogP contribution in [0.15, 0.2) is 65.6 Å². The number of methoxy groups -OCH3 is 2. The first-order valence-corrected chi connectivity index (χ1v) is 25.3. The zero-order valence-electron chi connectivity index (χ0n) is 42.0. The van der Waals surface area contributed by atoms with Crippen LogP contribution in [-0.2, 0) is 54.8 Å². The maximum atomic E-state index is 14.6. The second-order valence-electron chi connectivity index (χ2n) is 19.2. The zero-order chi connectivity index (χ0) is 51.0. The summed E-state index contributed by atoms with van der Waals surface area (Å²) in [5.41, 5.74) is 1.74. The number of allylic oxidation sites excluding steroid dienone is 1. The molecule has 16 heteroatoms. The standard InChI is InChI=1S/C52H77N3O12S/c1-12-35(6)50(54(9)52(62)41(33(2)3)31-44(57)49(34(4)5)53(8)46(58)26-27-48(60)61)45(66-10)32-47(59)55-28-16-19-42(55)51(67-11)36(7)43(56)30-39(29-38-17-14-13-15-18-38)21-20-37-22-24-40(25-23-37)68(63,64)65/h13-15,17-18,20-25,33-36,39,41-42,45,49-51H,12,16,19,26-32H2,1-11H3,(H,60,61)(H,63,64,65)/b21-20+/t35-,36-,39+,41-,42-,45+,49-,50-,51+/m0/s1. The molecule has 0 radical (unpaired) electrons. The average Bonchev–Trinajstić information content (AvgIpc) is 3.78. The van der Waals surface area contributed by atoms with Crippen LogP contribution in [0.2, 0.25) is 0 Å². The summed E-state index contributed by atoms with van der Waals surface area (Å²) in [7, 11) is 1.91. The first kappa shape index (κ1) is 57.5. The molecule has 2 aromatic carbocycles. The van der Waals surface area contributed by atoms with Crippen LogP contribution in [-0.4, -0.2) is 133 Å². The molecular formula is C52H77N3O12S. The quantitative estimate of drug-likeness (QED) is 0.0809. The number of carboxylic acids is 1. The molecule has 0 aromatic heterocycles. The normalized spacial score (nSPS) is 17.9. The van der Waals surface area contributed by atoms with Crippen molar-refractivity contribution in [2.75, 3.05) is 34.9 Å². The number of carboxylic acid groups (broad SMARTS) is 1. The molecule has 378 valence electrons. The first-order valence-electron chi connectivity index (χ1n) is 23.9. The number of benzene rings is 2. The van der Waals surface area contributed by atoms with Crippen molar-refractivity contribution in [1.82, 2.24) is 14.7 Å². The number of likely N-dealkylation sites (tertiary alicyclic amines) is 1. The summed E-state index contributed by atoms with van der Waals surface area (Å²) in [4.78, 5) is 85.8. The van der Waals surface area contributed by atoms with Gasteiger partial charge in [0.25, 0.3) is 10.1 Å². The van der Waals surface area contributed by atoms with Crippen molar-refractivity contribution in [1.29, 1.82) is 0 Å². The van der Waals surface area contributed by atoms with Crippen LogP contribution in [0.25, 0.3) is 6.08 Å². The van der Waals surface area contributed by atoms with Crippen LogP contribution < -0.4 is 0 Å². The minimum Gasteiger partial charge on any atom is -0.481 e. The van der Waals surface area contributed by atoms with Crippen molar-refractivity contribution < 1.29 is 56.3 Å². The fraction of sp³-hybridized carbons (Fsp3) is 0.615. The lowest BCUT2D eigenvalue weighted by Crippen LogP contribution is -2.54. The molecule has 0 bridgehead atoms. The third-order valence-electron chi connectivity index (χ3n) is 13.8. The van der Waals surface area contributed by atoms with Gasteiger partial charge in [-0.2, -0.15) is 8.42 Å². The maximum Gasteiger partial charge on any atom is 0.303 e. The lowest BCUT2D eigenvalue weighted by molar-refractivity contribution is -0.150. The summed E-state index contributed by atoms with van der Waals surface area (Å²) in [5.74, 6) is -4.58. The van der Waals surface area contributed by atoms with Crippen molar-refractivity contribution in [3.63, 3.8) is 0 Å². The Morgan fingerprint density at radius 1 is 0.824 bits per heavy atom. The molecule has 15 nitrogen and oxygen atoms in total. The SMILES string of the molecule is CC[C@H](C)[C@@H]([C@@H](CC(=O)N1CCC[C@H]1[C@H](OC)[C@@H](C)C(=O)C[C@H](/C=C/c1ccc(S(=O)(=O)O)cc1)Cc1ccccc1)OC)N(C)C(=O)[C@@H](CC(=O)[C@H](C(C)C)N(C)C(=O)CCC(=O)O)C(C)C. The molecule has 1 saturated heterocycles. The van der Waals surface area contributed by atoms with E-state index in [0.717, 1.165) is 5.56 Å². The van der Waals surface area contributed by atoms with Crippen molar-refractivity contribution in [2.24, 2.45) is 35.5 Å². The Labute approximate surface area is 404 Å². The number of Topliss-reactive ketones (excluding diaryl/α,β-unsaturated/α-hetero) is 2. The minimum absolute atomic E-state index is 0.0375. The van der Waals surface area contributed by atoms with Crippen LogP contribution in [0.4, 0.5) is 0 Å². The van der Waals surface area contributed by atoms with E-state index in [0.29, 0.717) is 37.8 Å². The fourth-order valence-corrected chi connectivity index (χ4v) is 10.2. The lowest BCUT2D eigenvalue weighted by atomic mass is 9.83. The van der Waals surface area contributed by atoms with Gasteiger partial charge >= 0.3 is 5.97 Å². The summed E-state index contributed by atoms with van der Waals surface area (Å²) >= 11 is 0. The van der Waals surface area contributed by atoms with Gasteiger partial charge in [0.15, 0.2) is 5.78 Å². The monoisotopic (exact) mass is 968 g/mol. The smallest absolute Gasteiger partial charge is 0.303 e. The predicted molar refractivity (Wildman–Crippen MR) is 261 cm³/mol. The van der Waals surface area contributed by atoms with E-state index in [1.807, 2.05) is 91.0 Å². The Morgan fingerprint density at radius 3 is 1.99 bits per heavy atom. The van der Waals surface area contributed by atoms with Crippen LogP contribution in [0.5, 0.6) is 0 Å². The molecule has 2 aromatic rings. The summed E-state index contributed by atoms with van der Waals surface area (Å²) in [6.45, 7) is 13.7. The molecule has 9 atom stereocenters. The van der Waals surface area contributed by atoms with Gasteiger partial charge < -0.3 is 29.3 Å². The van der Waals surface area contributed by atoms with Gasteiger partial charge in [-0.1, -0.05) is 110 Å². The number of carbonyl (C=O) groups is 6. The Kier molecular flexibility index (Phi) is 22.7. The molecule has 0 saturated carbocycles. The molecule has 1 aliphatic heterocycles. The highest BCUT2D eigenvalue weighted by atomic mass is 32.2. The molecule has 0 unspecified atom stereocenters. The summed E-state index contributed by atoms with van der Waals surface area (Å²) < 4.78 is 44.7. The van der Waals surface area contributed by atoms with Crippen LogP contribution in [0.3, 0.4) is 0 Å². The fourth-order valence-electron chi connectivity index (χ4n) is 9.70. The van der Waals surface area contributed by atoms with Gasteiger partial charge in [-0.05, 0) is 66.2 Å². The third-order valence-corrected chi connectivity index (χ3v) is 14.6. The third kappa shape index (κ3) is 16.2. The molecule has 0 aliphatic carbocycles. The molecule has 2 N–H and O–H groups in total. The number of hydrogen-bond acceptors (Lipinski definition) is 10. The lowest BCUT2D eigenvalue weighted by Gasteiger charge is -2.41. The molecule has 3 rings (SSSR count). The van der Waals surface area contributed by atoms with Gasteiger partial charge in [0.2, 0.25) is 17.7 Å². The Bertz CT molecular complexity index is 2130. The molecule has 3 amide bonds. The van der Waals surface area contributed by atoms with Gasteiger partial charge in [-0.15, -0.1) is 0 Å². The largest absolute Gasteiger partial charge is 0.481 e. The van der Waals surface area contributed by atoms with E-state index in [2.05, 4.69) is 0 Å². The Hall–Kier alpha value is -4.77. The second kappa shape index (κ2) is 26.8. The van der Waals surface area contributed by atoms with E-state index in [4.69, 9.17) is 14.6 Å². The van der Waals surface area contributed by atoms with Gasteiger partial charge in [-0.3, -0.25) is 33.3 Å². The number of likely N-dealkylation sites (N-methyl/N-ethyl adjacent to an activating group) is 2. The summed E-state index contributed by atoms with van der Waals surface area (Å²) in [6.07, 6.45) is 4.41. The number of nitrogens with zero attached hydrogens (tertiary/aromatic N) is 3. The van der Waals surface area contributed by atoms with E-state index in [-0.39, 0.29) is 84.1 Å². The molecule has 1 aliphatic rings. The van der Waals surface area contributed by atoms with Crippen molar-refractivity contribution in [2.45, 2.75) is 141 Å². The van der Waals surface area contributed by atoms with Crippen molar-refractivity contribution in [3.05, 3.63) is 71.8 Å². The van der Waals surface area contributed by atoms with Crippen LogP contribution in [0, 0.1) is 35.5 Å². The number of ketones is 2. The van der Waals surface area contributed by atoms with Crippen molar-refractivity contribution in [3.8, 4) is 0 Å². The van der Waals surface area contributed by atoms with E-state index < -0.39 is 64.2 Å². The Morgan fingerprint density at radius 2 is 1.46 bits per heavy atom. The minimum atomic E-state index is -4.34. The van der Waals surface area contributed by atoms with Crippen molar-refractivity contribution >= 4 is 51.5 Å². The molecular weight excluding hydrogens is 891 g/mol. The molecule has 1 heterocycles. The Balaban J connectivity index is 1.82. The molecule has 68 heavy (non-hydrogen) atoms. The van der Waals surface area contributed by atoms with Gasteiger partial charge in [0.1, 0.15) is 5.78 Å². The highest BCUT2D eigenvalue weighted by Gasteiger charge is 2.43. The molecule has 1 fully saturated rings. The highest BCUT2D eigenvalue weighted by Crippen LogP contribution is 2.32. The number of rotatable bonds is 28. The summed E-state index contributed by atoms with van der Waals surface area (Å²) in [5, 5.41) is 9.11. The van der Waals surface area contributed by atoms with Crippen LogP contribution in [0.1, 0.15) is 111 Å². The van der Waals surface area contributed by atoms with Gasteiger partial charge in [0.05, 0.1) is 48.1 Å². The van der Waals surface area contributed by atoms with Gasteiger partial charge in [0, 0.05) is 66.0 Å². The van der Waals surface area contributed by atoms with E-state index in [1.54, 1.807) is 36.1 Å².